The van der Waals surface area contributed by atoms with Crippen molar-refractivity contribution in [1.82, 2.24) is 15.5 Å². The van der Waals surface area contributed by atoms with Gasteiger partial charge < -0.3 is 15.7 Å². The summed E-state index contributed by atoms with van der Waals surface area (Å²) >= 11 is 0. The Labute approximate surface area is 171 Å². The van der Waals surface area contributed by atoms with E-state index in [1.807, 2.05) is 30.3 Å². The average Bonchev–Trinajstić information content (AvgIpc) is 3.13. The molecule has 30 heavy (non-hydrogen) atoms. The fourth-order valence-corrected chi connectivity index (χ4v) is 2.81. The highest BCUT2D eigenvalue weighted by molar-refractivity contribution is 5.97. The minimum Gasteiger partial charge on any atom is -0.378 e. The van der Waals surface area contributed by atoms with Gasteiger partial charge in [0, 0.05) is 18.6 Å². The van der Waals surface area contributed by atoms with Crippen LogP contribution in [0.1, 0.15) is 29.8 Å². The molecule has 3 aromatic rings. The van der Waals surface area contributed by atoms with Gasteiger partial charge >= 0.3 is 0 Å². The zero-order valence-corrected chi connectivity index (χ0v) is 16.0. The smallest absolute Gasteiger partial charge is 0.254 e. The fraction of sp³-hybridized carbons (Fsp3) is 0.190. The summed E-state index contributed by atoms with van der Waals surface area (Å²) in [6.45, 7) is 1.41. The van der Waals surface area contributed by atoms with Crippen LogP contribution >= 0.6 is 0 Å². The Morgan fingerprint density at radius 1 is 1.07 bits per heavy atom. The summed E-state index contributed by atoms with van der Waals surface area (Å²) in [5.74, 6) is -3.02. The van der Waals surface area contributed by atoms with E-state index in [2.05, 4.69) is 20.8 Å². The molecule has 9 heteroatoms. The van der Waals surface area contributed by atoms with Gasteiger partial charge in [-0.05, 0) is 30.2 Å². The second kappa shape index (κ2) is 9.27. The molecule has 0 saturated carbocycles. The number of carbonyl (C=O) groups is 2. The number of H-pyrrole nitrogens is 1. The van der Waals surface area contributed by atoms with Gasteiger partial charge in [0.25, 0.3) is 5.91 Å². The van der Waals surface area contributed by atoms with Crippen LogP contribution in [0.2, 0.25) is 0 Å². The number of anilines is 1. The first-order chi connectivity index (χ1) is 14.3. The number of nitrogens with zero attached hydrogens (tertiary/aromatic N) is 1. The zero-order valence-electron chi connectivity index (χ0n) is 16.0. The first kappa shape index (κ1) is 21.1. The molecule has 0 aliphatic carbocycles. The molecule has 1 aromatic heterocycles. The molecule has 4 N–H and O–H groups in total. The molecule has 0 aliphatic rings. The molecule has 2 atom stereocenters. The molecule has 7 nitrogen and oxygen atoms in total. The lowest BCUT2D eigenvalue weighted by atomic mass is 10.1. The Morgan fingerprint density at radius 2 is 1.73 bits per heavy atom. The molecule has 0 saturated heterocycles. The normalized spacial score (nSPS) is 12.8. The van der Waals surface area contributed by atoms with Crippen molar-refractivity contribution in [2.24, 2.45) is 0 Å². The van der Waals surface area contributed by atoms with Crippen LogP contribution in [-0.4, -0.2) is 33.2 Å². The lowest BCUT2D eigenvalue weighted by Gasteiger charge is -2.16. The van der Waals surface area contributed by atoms with E-state index in [0.29, 0.717) is 18.3 Å². The number of aliphatic hydroxyl groups is 1. The van der Waals surface area contributed by atoms with E-state index in [1.54, 1.807) is 6.07 Å². The highest BCUT2D eigenvalue weighted by Gasteiger charge is 2.23. The van der Waals surface area contributed by atoms with Crippen LogP contribution in [0.5, 0.6) is 0 Å². The van der Waals surface area contributed by atoms with Crippen LogP contribution in [0.3, 0.4) is 0 Å². The molecule has 0 bridgehead atoms. The molecule has 0 fully saturated rings. The number of benzene rings is 2. The number of halogens is 2. The second-order valence-corrected chi connectivity index (χ2v) is 6.76. The van der Waals surface area contributed by atoms with Gasteiger partial charge in [-0.1, -0.05) is 30.3 Å². The van der Waals surface area contributed by atoms with Gasteiger partial charge in [-0.2, -0.15) is 5.10 Å². The molecule has 156 valence electrons. The SMILES string of the molecule is C[C@H](NC(=O)[C@H](O)c1cc(F)cc(F)c1)C(=O)Nc1cc(Cc2ccccc2)n[nH]1. The van der Waals surface area contributed by atoms with Crippen LogP contribution in [0, 0.1) is 11.6 Å². The van der Waals surface area contributed by atoms with Gasteiger partial charge in [0.15, 0.2) is 6.10 Å². The second-order valence-electron chi connectivity index (χ2n) is 6.76. The van der Waals surface area contributed by atoms with Gasteiger partial charge in [0.1, 0.15) is 23.5 Å². The molecule has 0 unspecified atom stereocenters. The van der Waals surface area contributed by atoms with E-state index in [1.165, 1.54) is 6.92 Å². The van der Waals surface area contributed by atoms with E-state index in [-0.39, 0.29) is 5.56 Å². The fourth-order valence-electron chi connectivity index (χ4n) is 2.81. The minimum absolute atomic E-state index is 0.253. The maximum atomic E-state index is 13.3. The van der Waals surface area contributed by atoms with Gasteiger partial charge in [-0.25, -0.2) is 8.78 Å². The zero-order chi connectivity index (χ0) is 21.7. The Kier molecular flexibility index (Phi) is 6.53. The van der Waals surface area contributed by atoms with Gasteiger partial charge in [-0.3, -0.25) is 14.7 Å². The summed E-state index contributed by atoms with van der Waals surface area (Å²) in [5, 5.41) is 21.7. The Balaban J connectivity index is 1.56. The summed E-state index contributed by atoms with van der Waals surface area (Å²) in [6, 6.07) is 12.6. The molecule has 2 amide bonds. The van der Waals surface area contributed by atoms with Crippen molar-refractivity contribution >= 4 is 17.6 Å². The van der Waals surface area contributed by atoms with E-state index in [9.17, 15) is 23.5 Å². The quantitative estimate of drug-likeness (QED) is 0.476. The molecular formula is C21H20F2N4O3. The third-order valence-corrected chi connectivity index (χ3v) is 4.32. The van der Waals surface area contributed by atoms with Crippen molar-refractivity contribution in [2.45, 2.75) is 25.5 Å². The van der Waals surface area contributed by atoms with Gasteiger partial charge in [-0.15, -0.1) is 0 Å². The summed E-state index contributed by atoms with van der Waals surface area (Å²) in [5.41, 5.74) is 1.53. The van der Waals surface area contributed by atoms with Crippen molar-refractivity contribution in [1.29, 1.82) is 0 Å². The third-order valence-electron chi connectivity index (χ3n) is 4.32. The van der Waals surface area contributed by atoms with E-state index < -0.39 is 35.6 Å². The van der Waals surface area contributed by atoms with Crippen molar-refractivity contribution in [3.05, 3.63) is 83.1 Å². The minimum atomic E-state index is -1.82. The van der Waals surface area contributed by atoms with E-state index in [0.717, 1.165) is 23.4 Å². The average molecular weight is 414 g/mol. The number of aliphatic hydroxyl groups excluding tert-OH is 1. The van der Waals surface area contributed by atoms with Crippen molar-refractivity contribution in [3.8, 4) is 0 Å². The number of carbonyl (C=O) groups excluding carboxylic acids is 2. The van der Waals surface area contributed by atoms with E-state index >= 15 is 0 Å². The Hall–Kier alpha value is -3.59. The number of aromatic amines is 1. The first-order valence-electron chi connectivity index (χ1n) is 9.15. The predicted molar refractivity (Wildman–Crippen MR) is 105 cm³/mol. The summed E-state index contributed by atoms with van der Waals surface area (Å²) in [6.07, 6.45) is -1.24. The summed E-state index contributed by atoms with van der Waals surface area (Å²) in [4.78, 5) is 24.4. The number of nitrogens with one attached hydrogen (secondary N) is 3. The van der Waals surface area contributed by atoms with Crippen molar-refractivity contribution < 1.29 is 23.5 Å². The molecule has 0 aliphatic heterocycles. The highest BCUT2D eigenvalue weighted by Crippen LogP contribution is 2.17. The third kappa shape index (κ3) is 5.48. The largest absolute Gasteiger partial charge is 0.378 e. The van der Waals surface area contributed by atoms with Crippen LogP contribution in [-0.2, 0) is 16.0 Å². The molecule has 0 radical (unpaired) electrons. The van der Waals surface area contributed by atoms with Crippen molar-refractivity contribution in [3.63, 3.8) is 0 Å². The molecule has 0 spiro atoms. The summed E-state index contributed by atoms with van der Waals surface area (Å²) < 4.78 is 26.5. The van der Waals surface area contributed by atoms with Crippen LogP contribution < -0.4 is 10.6 Å². The maximum Gasteiger partial charge on any atom is 0.254 e. The molecule has 2 aromatic carbocycles. The highest BCUT2D eigenvalue weighted by atomic mass is 19.1. The topological polar surface area (TPSA) is 107 Å². The monoisotopic (exact) mass is 414 g/mol. The van der Waals surface area contributed by atoms with Gasteiger partial charge in [0.05, 0.1) is 5.69 Å². The standard InChI is InChI=1S/C21H20F2N4O3/c1-12(24-21(30)19(28)14-8-15(22)10-16(23)9-14)20(29)25-18-11-17(26-27-18)7-13-5-3-2-4-6-13/h2-6,8-12,19,28H,7H2,1H3,(H,24,30)(H2,25,26,27,29)/t12-,19+/m0/s1. The van der Waals surface area contributed by atoms with Crippen LogP contribution in [0.25, 0.3) is 0 Å². The predicted octanol–water partition coefficient (Wildman–Crippen LogP) is 2.46. The first-order valence-corrected chi connectivity index (χ1v) is 9.15. The number of hydrogen-bond donors (Lipinski definition) is 4. The van der Waals surface area contributed by atoms with Crippen molar-refractivity contribution in [2.75, 3.05) is 5.32 Å². The lowest BCUT2D eigenvalue weighted by molar-refractivity contribution is -0.132. The summed E-state index contributed by atoms with van der Waals surface area (Å²) in [7, 11) is 0. The number of amides is 2. The van der Waals surface area contributed by atoms with Crippen LogP contribution in [0.4, 0.5) is 14.6 Å². The number of hydrogen-bond acceptors (Lipinski definition) is 4. The maximum absolute atomic E-state index is 13.3. The molecular weight excluding hydrogens is 394 g/mol. The van der Waals surface area contributed by atoms with Crippen LogP contribution in [0.15, 0.2) is 54.6 Å². The molecule has 3 rings (SSSR count). The lowest BCUT2D eigenvalue weighted by Crippen LogP contribution is -2.43. The Bertz CT molecular complexity index is 1020. The van der Waals surface area contributed by atoms with Gasteiger partial charge in [0.2, 0.25) is 5.91 Å². The van der Waals surface area contributed by atoms with E-state index in [4.69, 9.17) is 0 Å². The molecule has 1 heterocycles. The Morgan fingerprint density at radius 3 is 2.40 bits per heavy atom. The number of rotatable bonds is 7. The number of aromatic nitrogens is 2.